The molecule has 1 aliphatic rings. The van der Waals surface area contributed by atoms with Crippen LogP contribution in [0, 0.1) is 0 Å². The average molecular weight is 261 g/mol. The zero-order valence-electron chi connectivity index (χ0n) is 11.4. The van der Waals surface area contributed by atoms with Crippen LogP contribution in [0.1, 0.15) is 38.3 Å². The monoisotopic (exact) mass is 261 g/mol. The van der Waals surface area contributed by atoms with Crippen molar-refractivity contribution in [1.82, 2.24) is 4.90 Å². The molecule has 0 radical (unpaired) electrons. The second-order valence-electron chi connectivity index (χ2n) is 4.83. The van der Waals surface area contributed by atoms with Crippen LogP contribution >= 0.6 is 0 Å². The molecule has 4 nitrogen and oxygen atoms in total. The van der Waals surface area contributed by atoms with Crippen LogP contribution in [0.3, 0.4) is 0 Å². The fourth-order valence-electron chi connectivity index (χ4n) is 2.20. The maximum absolute atomic E-state index is 11.7. The number of rotatable bonds is 5. The lowest BCUT2D eigenvalue weighted by Gasteiger charge is -2.24. The average Bonchev–Trinajstić information content (AvgIpc) is 2.75. The molecular formula is C15H19NO3. The first-order valence-corrected chi connectivity index (χ1v) is 6.65. The third-order valence-corrected chi connectivity index (χ3v) is 3.32. The molecule has 4 heteroatoms. The largest absolute Gasteiger partial charge is 0.494 e. The third kappa shape index (κ3) is 3.13. The van der Waals surface area contributed by atoms with Gasteiger partial charge in [0.25, 0.3) is 0 Å². The van der Waals surface area contributed by atoms with Crippen molar-refractivity contribution in [1.29, 1.82) is 0 Å². The van der Waals surface area contributed by atoms with E-state index in [2.05, 4.69) is 6.92 Å². The maximum atomic E-state index is 11.7. The highest BCUT2D eigenvalue weighted by molar-refractivity contribution is 6.05. The molecule has 1 aliphatic heterocycles. The minimum Gasteiger partial charge on any atom is -0.494 e. The minimum atomic E-state index is -0.0798. The highest BCUT2D eigenvalue weighted by Crippen LogP contribution is 2.25. The SMILES string of the molecule is CCCOc1ccc(C(C)N2CC(=O)CC2=O)cc1. The Hall–Kier alpha value is -1.84. The molecule has 1 heterocycles. The van der Waals surface area contributed by atoms with Gasteiger partial charge in [0.1, 0.15) is 5.75 Å². The number of benzene rings is 1. The summed E-state index contributed by atoms with van der Waals surface area (Å²) in [5.74, 6) is 0.755. The first kappa shape index (κ1) is 13.6. The highest BCUT2D eigenvalue weighted by Gasteiger charge is 2.31. The summed E-state index contributed by atoms with van der Waals surface area (Å²) in [5.41, 5.74) is 1.02. The smallest absolute Gasteiger partial charge is 0.230 e. The van der Waals surface area contributed by atoms with Crippen molar-refractivity contribution in [2.75, 3.05) is 13.2 Å². The summed E-state index contributed by atoms with van der Waals surface area (Å²) in [7, 11) is 0. The number of hydrogen-bond acceptors (Lipinski definition) is 3. The zero-order chi connectivity index (χ0) is 13.8. The van der Waals surface area contributed by atoms with Crippen molar-refractivity contribution >= 4 is 11.7 Å². The Kier molecular flexibility index (Phi) is 4.20. The van der Waals surface area contributed by atoms with Gasteiger partial charge in [-0.15, -0.1) is 0 Å². The van der Waals surface area contributed by atoms with Crippen LogP contribution in [0.15, 0.2) is 24.3 Å². The minimum absolute atomic E-state index is 0.000232. The van der Waals surface area contributed by atoms with E-state index in [1.807, 2.05) is 31.2 Å². The number of nitrogens with zero attached hydrogens (tertiary/aromatic N) is 1. The van der Waals surface area contributed by atoms with Crippen molar-refractivity contribution in [2.45, 2.75) is 32.7 Å². The molecule has 0 saturated carbocycles. The van der Waals surface area contributed by atoms with Gasteiger partial charge in [-0.2, -0.15) is 0 Å². The predicted molar refractivity (Wildman–Crippen MR) is 72.0 cm³/mol. The summed E-state index contributed by atoms with van der Waals surface area (Å²) in [6.45, 7) is 4.94. The van der Waals surface area contributed by atoms with E-state index in [-0.39, 0.29) is 30.7 Å². The maximum Gasteiger partial charge on any atom is 0.230 e. The van der Waals surface area contributed by atoms with Crippen molar-refractivity contribution in [3.8, 4) is 5.75 Å². The van der Waals surface area contributed by atoms with Crippen LogP contribution in [0.5, 0.6) is 5.75 Å². The summed E-state index contributed by atoms with van der Waals surface area (Å²) < 4.78 is 5.52. The number of ketones is 1. The van der Waals surface area contributed by atoms with Gasteiger partial charge < -0.3 is 9.64 Å². The lowest BCUT2D eigenvalue weighted by molar-refractivity contribution is -0.129. The van der Waals surface area contributed by atoms with E-state index in [0.717, 1.165) is 17.7 Å². The standard InChI is InChI=1S/C15H19NO3/c1-3-8-19-14-6-4-12(5-7-14)11(2)16-10-13(17)9-15(16)18/h4-7,11H,3,8-10H2,1-2H3. The van der Waals surface area contributed by atoms with Crippen molar-refractivity contribution in [3.05, 3.63) is 29.8 Å². The first-order chi connectivity index (χ1) is 9.11. The molecule has 2 rings (SSSR count). The van der Waals surface area contributed by atoms with E-state index in [1.54, 1.807) is 4.90 Å². The summed E-state index contributed by atoms with van der Waals surface area (Å²) in [6, 6.07) is 7.64. The number of amides is 1. The molecule has 1 unspecified atom stereocenters. The molecule has 1 fully saturated rings. The van der Waals surface area contributed by atoms with E-state index in [1.165, 1.54) is 0 Å². The van der Waals surface area contributed by atoms with Crippen LogP contribution in [-0.4, -0.2) is 29.7 Å². The quantitative estimate of drug-likeness (QED) is 0.764. The molecule has 1 atom stereocenters. The van der Waals surface area contributed by atoms with Gasteiger partial charge in [0.2, 0.25) is 5.91 Å². The number of hydrogen-bond donors (Lipinski definition) is 0. The van der Waals surface area contributed by atoms with Gasteiger partial charge in [0, 0.05) is 0 Å². The Balaban J connectivity index is 2.05. The Morgan fingerprint density at radius 3 is 2.47 bits per heavy atom. The van der Waals surface area contributed by atoms with E-state index >= 15 is 0 Å². The molecule has 0 bridgehead atoms. The molecule has 1 amide bonds. The lowest BCUT2D eigenvalue weighted by Crippen LogP contribution is -2.28. The van der Waals surface area contributed by atoms with Gasteiger partial charge in [-0.05, 0) is 31.0 Å². The molecule has 102 valence electrons. The number of Topliss-reactive ketones (excluding diaryl/α,β-unsaturated/α-hetero) is 1. The molecule has 0 aromatic heterocycles. The van der Waals surface area contributed by atoms with Crippen LogP contribution < -0.4 is 4.74 Å². The highest BCUT2D eigenvalue weighted by atomic mass is 16.5. The van der Waals surface area contributed by atoms with Crippen LogP contribution in [-0.2, 0) is 9.59 Å². The normalized spacial score (nSPS) is 16.8. The molecule has 0 aliphatic carbocycles. The van der Waals surface area contributed by atoms with E-state index in [0.29, 0.717) is 6.61 Å². The van der Waals surface area contributed by atoms with Gasteiger partial charge >= 0.3 is 0 Å². The van der Waals surface area contributed by atoms with Gasteiger partial charge in [0.05, 0.1) is 25.6 Å². The summed E-state index contributed by atoms with van der Waals surface area (Å²) in [5, 5.41) is 0. The molecule has 0 spiro atoms. The number of carbonyl (C=O) groups is 2. The van der Waals surface area contributed by atoms with Gasteiger partial charge in [0.15, 0.2) is 5.78 Å². The van der Waals surface area contributed by atoms with E-state index in [4.69, 9.17) is 4.74 Å². The van der Waals surface area contributed by atoms with Crippen molar-refractivity contribution in [3.63, 3.8) is 0 Å². The Labute approximate surface area is 113 Å². The molecule has 1 saturated heterocycles. The van der Waals surface area contributed by atoms with Crippen LogP contribution in [0.25, 0.3) is 0 Å². The van der Waals surface area contributed by atoms with Crippen molar-refractivity contribution in [2.24, 2.45) is 0 Å². The van der Waals surface area contributed by atoms with E-state index < -0.39 is 0 Å². The Morgan fingerprint density at radius 1 is 1.26 bits per heavy atom. The molecule has 0 N–H and O–H groups in total. The van der Waals surface area contributed by atoms with Gasteiger partial charge in [-0.3, -0.25) is 9.59 Å². The fraction of sp³-hybridized carbons (Fsp3) is 0.467. The molecular weight excluding hydrogens is 242 g/mol. The Bertz CT molecular complexity index is 467. The number of likely N-dealkylation sites (tertiary alicyclic amines) is 1. The van der Waals surface area contributed by atoms with Gasteiger partial charge in [-0.1, -0.05) is 19.1 Å². The lowest BCUT2D eigenvalue weighted by atomic mass is 10.1. The van der Waals surface area contributed by atoms with Crippen molar-refractivity contribution < 1.29 is 14.3 Å². The van der Waals surface area contributed by atoms with E-state index in [9.17, 15) is 9.59 Å². The summed E-state index contributed by atoms with van der Waals surface area (Å²) in [4.78, 5) is 24.6. The molecule has 1 aromatic rings. The summed E-state index contributed by atoms with van der Waals surface area (Å²) >= 11 is 0. The molecule has 19 heavy (non-hydrogen) atoms. The molecule has 1 aromatic carbocycles. The predicted octanol–water partition coefficient (Wildman–Crippen LogP) is 2.34. The second-order valence-corrected chi connectivity index (χ2v) is 4.83. The number of carbonyl (C=O) groups excluding carboxylic acids is 2. The third-order valence-electron chi connectivity index (χ3n) is 3.32. The first-order valence-electron chi connectivity index (χ1n) is 6.65. The fourth-order valence-corrected chi connectivity index (χ4v) is 2.20. The summed E-state index contributed by atoms with van der Waals surface area (Å²) in [6.07, 6.45) is 1.02. The van der Waals surface area contributed by atoms with Gasteiger partial charge in [-0.25, -0.2) is 0 Å². The topological polar surface area (TPSA) is 46.6 Å². The van der Waals surface area contributed by atoms with Crippen LogP contribution in [0.2, 0.25) is 0 Å². The zero-order valence-corrected chi connectivity index (χ0v) is 11.4. The number of ether oxygens (including phenoxy) is 1. The second kappa shape index (κ2) is 5.87. The Morgan fingerprint density at radius 2 is 1.95 bits per heavy atom. The van der Waals surface area contributed by atoms with Crippen LogP contribution in [0.4, 0.5) is 0 Å².